The van der Waals surface area contributed by atoms with Gasteiger partial charge in [-0.1, -0.05) is 35.3 Å². The fourth-order valence-electron chi connectivity index (χ4n) is 2.10. The number of hydrogen-bond donors (Lipinski definition) is 1. The number of benzene rings is 2. The molecule has 6 heteroatoms. The van der Waals surface area contributed by atoms with E-state index in [0.29, 0.717) is 27.0 Å². The van der Waals surface area contributed by atoms with Crippen molar-refractivity contribution in [3.05, 3.63) is 52.0 Å². The summed E-state index contributed by atoms with van der Waals surface area (Å²) in [6.07, 6.45) is 0.167. The first kappa shape index (κ1) is 13.9. The molecule has 0 fully saturated rings. The summed E-state index contributed by atoms with van der Waals surface area (Å²) in [5.41, 5.74) is 7.81. The molecule has 21 heavy (non-hydrogen) atoms. The lowest BCUT2D eigenvalue weighted by molar-refractivity contribution is -0.117. The summed E-state index contributed by atoms with van der Waals surface area (Å²) in [7, 11) is 0. The molecule has 3 rings (SSSR count). The van der Waals surface area contributed by atoms with Gasteiger partial charge in [0.2, 0.25) is 11.8 Å². The molecule has 1 heterocycles. The molecule has 0 radical (unpaired) electrons. The second-order valence-electron chi connectivity index (χ2n) is 4.60. The number of rotatable bonds is 3. The van der Waals surface area contributed by atoms with Crippen LogP contribution in [0, 0.1) is 0 Å². The Morgan fingerprint density at radius 1 is 1.24 bits per heavy atom. The average molecular weight is 321 g/mol. The Hall–Kier alpha value is -2.04. The smallest absolute Gasteiger partial charge is 0.227 e. The number of primary amides is 1. The zero-order valence-corrected chi connectivity index (χ0v) is 12.3. The minimum atomic E-state index is -0.389. The Kier molecular flexibility index (Phi) is 3.57. The molecule has 2 aromatic carbocycles. The maximum absolute atomic E-state index is 11.0. The van der Waals surface area contributed by atoms with Gasteiger partial charge in [-0.15, -0.1) is 0 Å². The Morgan fingerprint density at radius 2 is 2.05 bits per heavy atom. The van der Waals surface area contributed by atoms with Crippen molar-refractivity contribution in [1.82, 2.24) is 4.98 Å². The molecular weight excluding hydrogens is 311 g/mol. The molecule has 0 saturated carbocycles. The van der Waals surface area contributed by atoms with E-state index in [1.54, 1.807) is 12.1 Å². The maximum atomic E-state index is 11.0. The zero-order chi connectivity index (χ0) is 15.0. The molecule has 0 spiro atoms. The van der Waals surface area contributed by atoms with Crippen LogP contribution in [0.1, 0.15) is 5.56 Å². The quantitative estimate of drug-likeness (QED) is 0.797. The van der Waals surface area contributed by atoms with Crippen molar-refractivity contribution in [2.75, 3.05) is 0 Å². The van der Waals surface area contributed by atoms with Gasteiger partial charge in [-0.05, 0) is 29.8 Å². The van der Waals surface area contributed by atoms with E-state index in [0.717, 1.165) is 11.1 Å². The molecule has 1 aromatic heterocycles. The van der Waals surface area contributed by atoms with E-state index < -0.39 is 0 Å². The van der Waals surface area contributed by atoms with Crippen LogP contribution in [-0.4, -0.2) is 10.9 Å². The van der Waals surface area contributed by atoms with E-state index in [1.165, 1.54) is 0 Å². The van der Waals surface area contributed by atoms with Gasteiger partial charge in [0.25, 0.3) is 0 Å². The van der Waals surface area contributed by atoms with Gasteiger partial charge in [-0.3, -0.25) is 4.79 Å². The van der Waals surface area contributed by atoms with E-state index in [4.69, 9.17) is 33.4 Å². The van der Waals surface area contributed by atoms with Crippen LogP contribution in [0.25, 0.3) is 22.6 Å². The number of oxazole rings is 1. The summed E-state index contributed by atoms with van der Waals surface area (Å²) in [6.45, 7) is 0. The van der Waals surface area contributed by atoms with E-state index in [9.17, 15) is 4.79 Å². The van der Waals surface area contributed by atoms with Crippen molar-refractivity contribution in [2.45, 2.75) is 6.42 Å². The molecule has 4 nitrogen and oxygen atoms in total. The van der Waals surface area contributed by atoms with Crippen molar-refractivity contribution in [1.29, 1.82) is 0 Å². The predicted octanol–water partition coefficient (Wildman–Crippen LogP) is 3.83. The molecule has 0 unspecified atom stereocenters. The summed E-state index contributed by atoms with van der Waals surface area (Å²) >= 11 is 12.0. The Balaban J connectivity index is 2.08. The molecule has 0 aliphatic rings. The molecule has 0 saturated heterocycles. The first-order chi connectivity index (χ1) is 10.0. The van der Waals surface area contributed by atoms with Crippen molar-refractivity contribution < 1.29 is 9.21 Å². The van der Waals surface area contributed by atoms with E-state index >= 15 is 0 Å². The van der Waals surface area contributed by atoms with E-state index in [-0.39, 0.29) is 12.3 Å². The SMILES string of the molecule is NC(=O)Cc1cccc(-c2nc3cc(Cl)cc(Cl)c3o2)c1. The van der Waals surface area contributed by atoms with Gasteiger partial charge in [0.05, 0.1) is 11.4 Å². The number of hydrogen-bond acceptors (Lipinski definition) is 3. The largest absolute Gasteiger partial charge is 0.435 e. The van der Waals surface area contributed by atoms with Crippen LogP contribution < -0.4 is 5.73 Å². The normalized spacial score (nSPS) is 11.0. The van der Waals surface area contributed by atoms with E-state index in [1.807, 2.05) is 24.3 Å². The first-order valence-electron chi connectivity index (χ1n) is 6.16. The van der Waals surface area contributed by atoms with Gasteiger partial charge in [0, 0.05) is 10.6 Å². The van der Waals surface area contributed by atoms with Gasteiger partial charge in [0.1, 0.15) is 5.52 Å². The lowest BCUT2D eigenvalue weighted by Gasteiger charge is -2.00. The van der Waals surface area contributed by atoms with Gasteiger partial charge in [0.15, 0.2) is 5.58 Å². The van der Waals surface area contributed by atoms with Gasteiger partial charge in [-0.2, -0.15) is 0 Å². The second kappa shape index (κ2) is 5.39. The number of carbonyl (C=O) groups is 1. The van der Waals surface area contributed by atoms with Crippen LogP contribution in [0.2, 0.25) is 10.0 Å². The van der Waals surface area contributed by atoms with Gasteiger partial charge in [-0.25, -0.2) is 4.98 Å². The molecule has 106 valence electrons. The minimum Gasteiger partial charge on any atom is -0.435 e. The lowest BCUT2D eigenvalue weighted by atomic mass is 10.1. The van der Waals surface area contributed by atoms with Crippen LogP contribution in [0.15, 0.2) is 40.8 Å². The highest BCUT2D eigenvalue weighted by Gasteiger charge is 2.12. The summed E-state index contributed by atoms with van der Waals surface area (Å²) in [6, 6.07) is 10.6. The maximum Gasteiger partial charge on any atom is 0.227 e. The van der Waals surface area contributed by atoms with Gasteiger partial charge >= 0.3 is 0 Å². The molecule has 2 N–H and O–H groups in total. The number of carbonyl (C=O) groups excluding carboxylic acids is 1. The molecule has 0 atom stereocenters. The van der Waals surface area contributed by atoms with Crippen molar-refractivity contribution in [2.24, 2.45) is 5.73 Å². The highest BCUT2D eigenvalue weighted by atomic mass is 35.5. The lowest BCUT2D eigenvalue weighted by Crippen LogP contribution is -2.13. The average Bonchev–Trinajstić information content (AvgIpc) is 2.82. The summed E-state index contributed by atoms with van der Waals surface area (Å²) in [5, 5.41) is 0.902. The number of nitrogens with two attached hydrogens (primary N) is 1. The van der Waals surface area contributed by atoms with Crippen LogP contribution in [0.5, 0.6) is 0 Å². The number of nitrogens with zero attached hydrogens (tertiary/aromatic N) is 1. The number of amides is 1. The molecule has 0 bridgehead atoms. The molecule has 3 aromatic rings. The highest BCUT2D eigenvalue weighted by Crippen LogP contribution is 2.32. The third-order valence-corrected chi connectivity index (χ3v) is 3.46. The molecule has 0 aliphatic heterocycles. The fraction of sp³-hybridized carbons (Fsp3) is 0.0667. The summed E-state index contributed by atoms with van der Waals surface area (Å²) in [4.78, 5) is 15.4. The van der Waals surface area contributed by atoms with Crippen molar-refractivity contribution >= 4 is 40.2 Å². The molecular formula is C15H10Cl2N2O2. The van der Waals surface area contributed by atoms with Crippen LogP contribution in [0.3, 0.4) is 0 Å². The zero-order valence-electron chi connectivity index (χ0n) is 10.8. The highest BCUT2D eigenvalue weighted by molar-refractivity contribution is 6.38. The van der Waals surface area contributed by atoms with E-state index in [2.05, 4.69) is 4.98 Å². The summed E-state index contributed by atoms with van der Waals surface area (Å²) in [5.74, 6) is 0.0278. The fourth-order valence-corrected chi connectivity index (χ4v) is 2.62. The first-order valence-corrected chi connectivity index (χ1v) is 6.92. The Labute approximate surface area is 130 Å². The number of fused-ring (bicyclic) bond motifs is 1. The Morgan fingerprint density at radius 3 is 2.81 bits per heavy atom. The third-order valence-electron chi connectivity index (χ3n) is 2.96. The topological polar surface area (TPSA) is 69.1 Å². The third kappa shape index (κ3) is 2.86. The van der Waals surface area contributed by atoms with Crippen molar-refractivity contribution in [3.63, 3.8) is 0 Å². The van der Waals surface area contributed by atoms with Crippen molar-refractivity contribution in [3.8, 4) is 11.5 Å². The molecule has 1 amide bonds. The van der Waals surface area contributed by atoms with Gasteiger partial charge < -0.3 is 10.2 Å². The number of aromatic nitrogens is 1. The second-order valence-corrected chi connectivity index (χ2v) is 5.44. The van der Waals surface area contributed by atoms with Crippen LogP contribution in [0.4, 0.5) is 0 Å². The number of halogens is 2. The standard InChI is InChI=1S/C15H10Cl2N2O2/c16-10-6-11(17)14-12(7-10)19-15(21-14)9-3-1-2-8(4-9)5-13(18)20/h1-4,6-7H,5H2,(H2,18,20). The molecule has 0 aliphatic carbocycles. The Bertz CT molecular complexity index is 843. The monoisotopic (exact) mass is 320 g/mol. The minimum absolute atomic E-state index is 0.167. The van der Waals surface area contributed by atoms with Crippen LogP contribution >= 0.6 is 23.2 Å². The van der Waals surface area contributed by atoms with Crippen LogP contribution in [-0.2, 0) is 11.2 Å². The predicted molar refractivity (Wildman–Crippen MR) is 82.4 cm³/mol. The summed E-state index contributed by atoms with van der Waals surface area (Å²) < 4.78 is 5.68.